The Hall–Kier alpha value is -1.13. The second-order valence-electron chi connectivity index (χ2n) is 5.23. The maximum atomic E-state index is 10.6. The fourth-order valence-corrected chi connectivity index (χ4v) is 4.08. The molecule has 1 saturated heterocycles. The van der Waals surface area contributed by atoms with Crippen molar-refractivity contribution in [3.63, 3.8) is 0 Å². The molecule has 2 heterocycles. The van der Waals surface area contributed by atoms with Crippen LogP contribution >= 0.6 is 11.3 Å². The molecule has 0 amide bonds. The Morgan fingerprint density at radius 3 is 3.11 bits per heavy atom. The minimum atomic E-state index is -0.882. The summed E-state index contributed by atoms with van der Waals surface area (Å²) in [4.78, 5) is 14.4. The van der Waals surface area contributed by atoms with Crippen molar-refractivity contribution < 1.29 is 9.90 Å². The lowest BCUT2D eigenvalue weighted by Crippen LogP contribution is -2.31. The van der Waals surface area contributed by atoms with Gasteiger partial charge in [-0.2, -0.15) is 0 Å². The Kier molecular flexibility index (Phi) is 3.22. The lowest BCUT2D eigenvalue weighted by molar-refractivity contribution is -0.131. The Bertz CT molecular complexity index is 480. The van der Waals surface area contributed by atoms with Crippen molar-refractivity contribution in [1.29, 1.82) is 0 Å². The molecule has 0 aromatic carbocycles. The third kappa shape index (κ3) is 2.35. The van der Waals surface area contributed by atoms with Crippen molar-refractivity contribution in [1.82, 2.24) is 4.90 Å². The van der Waals surface area contributed by atoms with Crippen LogP contribution in [-0.4, -0.2) is 28.6 Å². The zero-order valence-corrected chi connectivity index (χ0v) is 11.0. The van der Waals surface area contributed by atoms with Gasteiger partial charge in [-0.25, -0.2) is 4.79 Å². The second-order valence-corrected chi connectivity index (χ2v) is 6.23. The summed E-state index contributed by atoms with van der Waals surface area (Å²) in [7, 11) is 0. The third-order valence-corrected chi connectivity index (χ3v) is 4.98. The highest BCUT2D eigenvalue weighted by Crippen LogP contribution is 2.38. The number of hydrogen-bond donors (Lipinski definition) is 1. The van der Waals surface area contributed by atoms with E-state index < -0.39 is 5.97 Å². The Labute approximate surface area is 111 Å². The van der Waals surface area contributed by atoms with Gasteiger partial charge in [-0.05, 0) is 48.3 Å². The summed E-state index contributed by atoms with van der Waals surface area (Å²) in [5.74, 6) is 0.0281. The molecule has 4 heteroatoms. The van der Waals surface area contributed by atoms with Crippen LogP contribution in [0, 0.1) is 5.92 Å². The first-order chi connectivity index (χ1) is 8.72. The summed E-state index contributed by atoms with van der Waals surface area (Å²) in [5.41, 5.74) is 1.06. The molecule has 0 spiro atoms. The topological polar surface area (TPSA) is 40.5 Å². The lowest BCUT2D eigenvalue weighted by Gasteiger charge is -2.26. The Morgan fingerprint density at radius 2 is 2.44 bits per heavy atom. The standard InChI is InChI=1S/C14H17NO2S/c16-14(17)4-2-11-5-6-18-13(11)9-15-8-10-1-3-12(15)7-10/h2,4-6,10,12H,1,3,7-9H2,(H,16,17). The van der Waals surface area contributed by atoms with Gasteiger partial charge in [-0.1, -0.05) is 0 Å². The van der Waals surface area contributed by atoms with Gasteiger partial charge < -0.3 is 5.11 Å². The monoisotopic (exact) mass is 263 g/mol. The van der Waals surface area contributed by atoms with E-state index in [2.05, 4.69) is 4.90 Å². The molecule has 2 unspecified atom stereocenters. The first-order valence-corrected chi connectivity index (χ1v) is 7.32. The minimum Gasteiger partial charge on any atom is -0.478 e. The highest BCUT2D eigenvalue weighted by atomic mass is 32.1. The van der Waals surface area contributed by atoms with Crippen LogP contribution in [0.4, 0.5) is 0 Å². The number of aliphatic carboxylic acids is 1. The van der Waals surface area contributed by atoms with Gasteiger partial charge in [0.05, 0.1) is 0 Å². The van der Waals surface area contributed by atoms with Gasteiger partial charge in [0.1, 0.15) is 0 Å². The summed E-state index contributed by atoms with van der Waals surface area (Å²) in [6.45, 7) is 2.21. The summed E-state index contributed by atoms with van der Waals surface area (Å²) < 4.78 is 0. The number of carboxylic acid groups (broad SMARTS) is 1. The van der Waals surface area contributed by atoms with Crippen LogP contribution < -0.4 is 0 Å². The number of hydrogen-bond acceptors (Lipinski definition) is 3. The normalized spacial score (nSPS) is 27.3. The van der Waals surface area contributed by atoms with Crippen LogP contribution in [0.2, 0.25) is 0 Å². The minimum absolute atomic E-state index is 0.772. The molecule has 1 saturated carbocycles. The second kappa shape index (κ2) is 4.86. The number of nitrogens with zero attached hydrogens (tertiary/aromatic N) is 1. The maximum absolute atomic E-state index is 10.6. The summed E-state index contributed by atoms with van der Waals surface area (Å²) in [6, 6.07) is 2.78. The summed E-state index contributed by atoms with van der Waals surface area (Å²) >= 11 is 1.73. The van der Waals surface area contributed by atoms with Gasteiger partial charge in [-0.3, -0.25) is 4.90 Å². The van der Waals surface area contributed by atoms with Gasteiger partial charge in [0.15, 0.2) is 0 Å². The van der Waals surface area contributed by atoms with Crippen LogP contribution in [0.1, 0.15) is 29.7 Å². The summed E-state index contributed by atoms with van der Waals surface area (Å²) in [5, 5.41) is 10.7. The molecule has 1 aliphatic carbocycles. The number of carboxylic acids is 1. The van der Waals surface area contributed by atoms with E-state index in [0.29, 0.717) is 0 Å². The molecule has 1 aromatic heterocycles. The van der Waals surface area contributed by atoms with Gasteiger partial charge in [-0.15, -0.1) is 11.3 Å². The molecular weight excluding hydrogens is 246 g/mol. The average Bonchev–Trinajstić information content (AvgIpc) is 3.02. The van der Waals surface area contributed by atoms with Crippen LogP contribution in [0.15, 0.2) is 17.5 Å². The molecule has 2 atom stereocenters. The van der Waals surface area contributed by atoms with Crippen molar-refractivity contribution in [3.8, 4) is 0 Å². The van der Waals surface area contributed by atoms with Crippen molar-refractivity contribution in [2.24, 2.45) is 5.92 Å². The van der Waals surface area contributed by atoms with E-state index in [1.165, 1.54) is 36.8 Å². The molecule has 1 aliphatic heterocycles. The molecular formula is C14H17NO2S. The molecule has 96 valence electrons. The van der Waals surface area contributed by atoms with E-state index in [0.717, 1.165) is 24.1 Å². The Balaban J connectivity index is 1.70. The van der Waals surface area contributed by atoms with E-state index in [4.69, 9.17) is 5.11 Å². The number of thiophene rings is 1. The molecule has 18 heavy (non-hydrogen) atoms. The summed E-state index contributed by atoms with van der Waals surface area (Å²) in [6.07, 6.45) is 7.05. The molecule has 3 nitrogen and oxygen atoms in total. The number of piperidine rings is 1. The Morgan fingerprint density at radius 1 is 1.56 bits per heavy atom. The van der Waals surface area contributed by atoms with Crippen molar-refractivity contribution in [3.05, 3.63) is 28.0 Å². The predicted molar refractivity (Wildman–Crippen MR) is 72.5 cm³/mol. The van der Waals surface area contributed by atoms with E-state index in [-0.39, 0.29) is 0 Å². The fraction of sp³-hybridized carbons (Fsp3) is 0.500. The molecule has 1 aromatic rings. The first-order valence-electron chi connectivity index (χ1n) is 6.44. The smallest absolute Gasteiger partial charge is 0.328 e. The van der Waals surface area contributed by atoms with E-state index in [1.807, 2.05) is 11.4 Å². The molecule has 2 bridgehead atoms. The maximum Gasteiger partial charge on any atom is 0.328 e. The predicted octanol–water partition coefficient (Wildman–Crippen LogP) is 2.83. The molecule has 2 aliphatic rings. The van der Waals surface area contributed by atoms with Gasteiger partial charge in [0, 0.05) is 30.1 Å². The average molecular weight is 263 g/mol. The van der Waals surface area contributed by atoms with E-state index >= 15 is 0 Å². The third-order valence-electron chi connectivity index (χ3n) is 4.05. The van der Waals surface area contributed by atoms with Crippen LogP contribution in [0.5, 0.6) is 0 Å². The largest absolute Gasteiger partial charge is 0.478 e. The van der Waals surface area contributed by atoms with Crippen molar-refractivity contribution in [2.75, 3.05) is 6.54 Å². The van der Waals surface area contributed by atoms with Gasteiger partial charge >= 0.3 is 5.97 Å². The molecule has 0 radical (unpaired) electrons. The van der Waals surface area contributed by atoms with E-state index in [9.17, 15) is 4.79 Å². The van der Waals surface area contributed by atoms with Crippen molar-refractivity contribution >= 4 is 23.4 Å². The first kappa shape index (κ1) is 11.9. The number of rotatable bonds is 4. The SMILES string of the molecule is O=C(O)C=Cc1ccsc1CN1CC2CCC1C2. The fourth-order valence-electron chi connectivity index (χ4n) is 3.19. The number of carbonyl (C=O) groups is 1. The van der Waals surface area contributed by atoms with Crippen LogP contribution in [0.25, 0.3) is 6.08 Å². The molecule has 2 fully saturated rings. The quantitative estimate of drug-likeness (QED) is 0.849. The van der Waals surface area contributed by atoms with Crippen LogP contribution in [0.3, 0.4) is 0 Å². The number of likely N-dealkylation sites (tertiary alicyclic amines) is 1. The van der Waals surface area contributed by atoms with Gasteiger partial charge in [0.25, 0.3) is 0 Å². The lowest BCUT2D eigenvalue weighted by atomic mass is 10.1. The van der Waals surface area contributed by atoms with Crippen LogP contribution in [-0.2, 0) is 11.3 Å². The van der Waals surface area contributed by atoms with Crippen molar-refractivity contribution in [2.45, 2.75) is 31.8 Å². The highest BCUT2D eigenvalue weighted by molar-refractivity contribution is 7.10. The number of fused-ring (bicyclic) bond motifs is 2. The van der Waals surface area contributed by atoms with Gasteiger partial charge in [0.2, 0.25) is 0 Å². The molecule has 3 rings (SSSR count). The molecule has 1 N–H and O–H groups in total. The zero-order chi connectivity index (χ0) is 12.5. The zero-order valence-electron chi connectivity index (χ0n) is 10.2. The highest BCUT2D eigenvalue weighted by Gasteiger charge is 2.37. The van der Waals surface area contributed by atoms with E-state index in [1.54, 1.807) is 17.4 Å².